The van der Waals surface area contributed by atoms with Crippen LogP contribution in [-0.2, 0) is 17.3 Å². The minimum atomic E-state index is -3.45. The van der Waals surface area contributed by atoms with Crippen LogP contribution in [0, 0.1) is 11.3 Å². The van der Waals surface area contributed by atoms with Crippen LogP contribution in [0.3, 0.4) is 0 Å². The number of hydrogen-bond donors (Lipinski definition) is 1. The van der Waals surface area contributed by atoms with Crippen molar-refractivity contribution in [3.63, 3.8) is 0 Å². The van der Waals surface area contributed by atoms with Crippen LogP contribution in [0.15, 0.2) is 51.0 Å². The average Bonchev–Trinajstić information content (AvgIpc) is 2.93. The zero-order valence-electron chi connectivity index (χ0n) is 18.3. The number of benzene rings is 1. The van der Waals surface area contributed by atoms with E-state index >= 15 is 0 Å². The molecule has 1 aliphatic rings. The van der Waals surface area contributed by atoms with E-state index < -0.39 is 35.3 Å². The normalized spacial score (nSPS) is 14.3. The molecule has 1 N–H and O–H groups in total. The maximum atomic E-state index is 14.6. The lowest BCUT2D eigenvalue weighted by molar-refractivity contribution is -0.117. The Morgan fingerprint density at radius 2 is 2.06 bits per heavy atom. The third kappa shape index (κ3) is 5.54. The summed E-state index contributed by atoms with van der Waals surface area (Å²) in [6.45, 7) is 3.31. The summed E-state index contributed by atoms with van der Waals surface area (Å²) in [4.78, 5) is 29.6. The number of nitriles is 1. The quantitative estimate of drug-likeness (QED) is 0.510. The number of nitrogens with one attached hydrogen (secondary N) is 1. The van der Waals surface area contributed by atoms with Gasteiger partial charge in [-0.05, 0) is 36.3 Å². The van der Waals surface area contributed by atoms with Crippen LogP contribution < -0.4 is 15.6 Å². The molecule has 7 nitrogen and oxygen atoms in total. The van der Waals surface area contributed by atoms with E-state index in [1.807, 2.05) is 13.0 Å². The molecule has 0 aliphatic carbocycles. The fourth-order valence-electron chi connectivity index (χ4n) is 3.21. The van der Waals surface area contributed by atoms with Crippen LogP contribution in [0.1, 0.15) is 37.9 Å². The van der Waals surface area contributed by atoms with E-state index in [2.05, 4.69) is 26.2 Å². The minimum absolute atomic E-state index is 0.0708. The molecule has 0 radical (unpaired) electrons. The largest absolute Gasteiger partial charge is 0.449 e. The first kappa shape index (κ1) is 25.6. The van der Waals surface area contributed by atoms with Crippen LogP contribution in [0.2, 0.25) is 5.02 Å². The molecule has 2 aromatic rings. The van der Waals surface area contributed by atoms with Gasteiger partial charge in [-0.25, -0.2) is 4.98 Å². The molecule has 34 heavy (non-hydrogen) atoms. The molecule has 0 unspecified atom stereocenters. The van der Waals surface area contributed by atoms with Crippen LogP contribution >= 0.6 is 27.5 Å². The molecule has 3 rings (SSSR count). The Morgan fingerprint density at radius 3 is 2.71 bits per heavy atom. The van der Waals surface area contributed by atoms with Gasteiger partial charge in [-0.1, -0.05) is 41.4 Å². The molecular weight excluding hydrogens is 534 g/mol. The first-order valence-electron chi connectivity index (χ1n) is 10.3. The van der Waals surface area contributed by atoms with Gasteiger partial charge in [0, 0.05) is 28.0 Å². The number of alkyl halides is 2. The number of ether oxygens (including phenoxy) is 1. The number of carbonyl (C=O) groups excluding carboxylic acids is 1. The predicted molar refractivity (Wildman–Crippen MR) is 126 cm³/mol. The van der Waals surface area contributed by atoms with Gasteiger partial charge < -0.3 is 10.1 Å². The van der Waals surface area contributed by atoms with Gasteiger partial charge in [0.1, 0.15) is 5.75 Å². The van der Waals surface area contributed by atoms with E-state index in [-0.39, 0.29) is 28.5 Å². The number of hydrogen-bond acceptors (Lipinski definition) is 5. The average molecular weight is 554 g/mol. The molecule has 0 bridgehead atoms. The van der Waals surface area contributed by atoms with Gasteiger partial charge in [0.05, 0.1) is 24.5 Å². The highest BCUT2D eigenvalue weighted by Crippen LogP contribution is 2.36. The molecule has 1 aliphatic heterocycles. The number of rotatable bonds is 7. The van der Waals surface area contributed by atoms with Crippen molar-refractivity contribution < 1.29 is 18.3 Å². The van der Waals surface area contributed by atoms with Gasteiger partial charge >= 0.3 is 0 Å². The van der Waals surface area contributed by atoms with E-state index in [0.717, 1.165) is 16.5 Å². The van der Waals surface area contributed by atoms with E-state index in [4.69, 9.17) is 21.6 Å². The van der Waals surface area contributed by atoms with Gasteiger partial charge in [-0.3, -0.25) is 14.2 Å². The first-order chi connectivity index (χ1) is 16.1. The Morgan fingerprint density at radius 1 is 1.32 bits per heavy atom. The first-order valence-corrected chi connectivity index (χ1v) is 11.5. The summed E-state index contributed by atoms with van der Waals surface area (Å²) in [7, 11) is 0. The maximum Gasteiger partial charge on any atom is 0.297 e. The number of carbonyl (C=O) groups is 1. The Bertz CT molecular complexity index is 1300. The van der Waals surface area contributed by atoms with E-state index in [1.165, 1.54) is 25.1 Å². The lowest BCUT2D eigenvalue weighted by atomic mass is 10.1. The van der Waals surface area contributed by atoms with E-state index in [9.17, 15) is 18.4 Å². The molecule has 0 atom stereocenters. The van der Waals surface area contributed by atoms with Crippen molar-refractivity contribution in [1.82, 2.24) is 14.9 Å². The summed E-state index contributed by atoms with van der Waals surface area (Å²) in [6.07, 6.45) is 2.64. The lowest BCUT2D eigenvalue weighted by Crippen LogP contribution is -2.31. The molecule has 0 spiro atoms. The van der Waals surface area contributed by atoms with Crippen molar-refractivity contribution in [1.29, 1.82) is 5.26 Å². The van der Waals surface area contributed by atoms with Crippen molar-refractivity contribution in [2.24, 2.45) is 0 Å². The molecular formula is C23H20BrClF2N4O3. The summed E-state index contributed by atoms with van der Waals surface area (Å²) in [5, 5.41) is 12.0. The molecule has 0 fully saturated rings. The highest BCUT2D eigenvalue weighted by Gasteiger charge is 2.37. The highest BCUT2D eigenvalue weighted by atomic mass is 79.9. The van der Waals surface area contributed by atoms with E-state index in [0.29, 0.717) is 17.4 Å². The Hall–Kier alpha value is -3.03. The van der Waals surface area contributed by atoms with Gasteiger partial charge in [0.25, 0.3) is 11.5 Å². The van der Waals surface area contributed by atoms with Gasteiger partial charge in [0.15, 0.2) is 5.69 Å². The smallest absolute Gasteiger partial charge is 0.297 e. The van der Waals surface area contributed by atoms with Gasteiger partial charge in [-0.15, -0.1) is 0 Å². The summed E-state index contributed by atoms with van der Waals surface area (Å²) in [5.74, 6) is -4.63. The molecule has 0 saturated carbocycles. The van der Waals surface area contributed by atoms with Crippen molar-refractivity contribution in [2.75, 3.05) is 6.54 Å². The fourth-order valence-corrected chi connectivity index (χ4v) is 4.13. The SMILES string of the molecule is CCC1=C(Br)C=C(Cn2cnc(C(F)(F)CC)c(Oc3cc(Cl)cc(C#N)c3)c2=O)C(=O)NC1. The van der Waals surface area contributed by atoms with Crippen LogP contribution in [0.5, 0.6) is 11.5 Å². The Kier molecular flexibility index (Phi) is 7.89. The van der Waals surface area contributed by atoms with Gasteiger partial charge in [0.2, 0.25) is 11.7 Å². The molecule has 178 valence electrons. The molecule has 1 aromatic heterocycles. The molecule has 1 aromatic carbocycles. The highest BCUT2D eigenvalue weighted by molar-refractivity contribution is 9.11. The van der Waals surface area contributed by atoms with Crippen molar-refractivity contribution in [3.05, 3.63) is 72.9 Å². The fraction of sp³-hybridized carbons (Fsp3) is 0.304. The number of allylic oxidation sites excluding steroid dienone is 2. The molecule has 11 heteroatoms. The maximum absolute atomic E-state index is 14.6. The molecule has 1 amide bonds. The second-order valence-electron chi connectivity index (χ2n) is 7.46. The summed E-state index contributed by atoms with van der Waals surface area (Å²) < 4.78 is 36.5. The van der Waals surface area contributed by atoms with Crippen LogP contribution in [-0.4, -0.2) is 22.0 Å². The van der Waals surface area contributed by atoms with Gasteiger partial charge in [-0.2, -0.15) is 14.0 Å². The van der Waals surface area contributed by atoms with Crippen LogP contribution in [0.4, 0.5) is 8.78 Å². The summed E-state index contributed by atoms with van der Waals surface area (Å²) >= 11 is 9.42. The number of aromatic nitrogens is 2. The molecule has 2 heterocycles. The number of amides is 1. The standard InChI is InChI=1S/C23H20BrClF2N4O3/c1-3-14-10-29-21(32)15(7-18(14)24)11-31-12-30-20(23(26,27)4-2)19(22(31)33)34-17-6-13(9-28)5-16(25)8-17/h5-8,12H,3-4,10-11H2,1-2H3,(H,29,32). The van der Waals surface area contributed by atoms with Crippen molar-refractivity contribution >= 4 is 33.4 Å². The van der Waals surface area contributed by atoms with E-state index in [1.54, 1.807) is 6.08 Å². The monoisotopic (exact) mass is 552 g/mol. The zero-order valence-corrected chi connectivity index (χ0v) is 20.6. The number of nitrogens with zero attached hydrogens (tertiary/aromatic N) is 3. The number of halogens is 4. The van der Waals surface area contributed by atoms with Crippen molar-refractivity contribution in [3.8, 4) is 17.6 Å². The third-order valence-corrected chi connectivity index (χ3v) is 6.18. The predicted octanol–water partition coefficient (Wildman–Crippen LogP) is 5.18. The van der Waals surface area contributed by atoms with Crippen molar-refractivity contribution in [2.45, 2.75) is 39.2 Å². The summed E-state index contributed by atoms with van der Waals surface area (Å²) in [5.41, 5.74) is -0.437. The zero-order chi connectivity index (χ0) is 25.0. The molecule has 0 saturated heterocycles. The topological polar surface area (TPSA) is 97.0 Å². The Labute approximate surface area is 207 Å². The van der Waals surface area contributed by atoms with Crippen LogP contribution in [0.25, 0.3) is 0 Å². The third-order valence-electron chi connectivity index (χ3n) is 5.17. The second kappa shape index (κ2) is 10.5. The summed E-state index contributed by atoms with van der Waals surface area (Å²) in [6, 6.07) is 5.81. The Balaban J connectivity index is 2.11. The minimum Gasteiger partial charge on any atom is -0.449 e. The lowest BCUT2D eigenvalue weighted by Gasteiger charge is -2.19. The second-order valence-corrected chi connectivity index (χ2v) is 8.75.